The van der Waals surface area contributed by atoms with Crippen LogP contribution in [0.1, 0.15) is 29.4 Å². The van der Waals surface area contributed by atoms with Gasteiger partial charge in [0.25, 0.3) is 5.91 Å². The number of carbonyl (C=O) groups excluding carboxylic acids is 1. The molecule has 3 aromatic heterocycles. The lowest BCUT2D eigenvalue weighted by Gasteiger charge is -2.26. The van der Waals surface area contributed by atoms with Gasteiger partial charge in [0.15, 0.2) is 11.3 Å². The number of fused-ring (bicyclic) bond motifs is 1. The Kier molecular flexibility index (Phi) is 5.21. The number of carbonyl (C=O) groups is 1. The van der Waals surface area contributed by atoms with Crippen LogP contribution in [0.4, 0.5) is 13.2 Å². The van der Waals surface area contributed by atoms with Crippen molar-refractivity contribution in [2.45, 2.75) is 19.5 Å². The molecule has 0 fully saturated rings. The average molecular weight is 478 g/mol. The van der Waals surface area contributed by atoms with Crippen LogP contribution in [0.15, 0.2) is 58.2 Å². The van der Waals surface area contributed by atoms with E-state index in [4.69, 9.17) is 16.0 Å². The van der Waals surface area contributed by atoms with Crippen molar-refractivity contribution in [3.8, 4) is 11.1 Å². The number of alkyl halides is 3. The fourth-order valence-corrected chi connectivity index (χ4v) is 4.41. The van der Waals surface area contributed by atoms with Gasteiger partial charge >= 0.3 is 6.18 Å². The molecule has 5 heterocycles. The fraction of sp³-hybridized carbons (Fsp3) is 0.273. The van der Waals surface area contributed by atoms with Gasteiger partial charge in [0, 0.05) is 42.7 Å². The maximum atomic E-state index is 13.8. The van der Waals surface area contributed by atoms with Gasteiger partial charge in [-0.3, -0.25) is 9.20 Å². The van der Waals surface area contributed by atoms with E-state index in [0.717, 1.165) is 27.3 Å². The van der Waals surface area contributed by atoms with Gasteiger partial charge in [0.05, 0.1) is 18.1 Å². The molecule has 5 rings (SSSR count). The number of allylic oxidation sites excluding steroid dienone is 1. The van der Waals surface area contributed by atoms with Gasteiger partial charge in [-0.15, -0.1) is 0 Å². The second-order valence-electron chi connectivity index (χ2n) is 7.91. The molecule has 2 aliphatic heterocycles. The van der Waals surface area contributed by atoms with Crippen LogP contribution in [-0.4, -0.2) is 39.8 Å². The molecule has 2 aliphatic rings. The van der Waals surface area contributed by atoms with Crippen LogP contribution in [-0.2, 0) is 6.18 Å². The van der Waals surface area contributed by atoms with E-state index in [-0.39, 0.29) is 16.4 Å². The topological polar surface area (TPSA) is 74.8 Å². The third-order valence-corrected chi connectivity index (χ3v) is 6.26. The van der Waals surface area contributed by atoms with Crippen molar-refractivity contribution in [1.29, 1.82) is 0 Å². The third-order valence-electron chi connectivity index (χ3n) is 5.90. The lowest BCUT2D eigenvalue weighted by molar-refractivity contribution is -0.136. The number of imidazole rings is 1. The largest absolute Gasteiger partial charge is 0.472 e. The summed E-state index contributed by atoms with van der Waals surface area (Å²) in [5.41, 5.74) is 8.56. The van der Waals surface area contributed by atoms with Crippen LogP contribution in [0.25, 0.3) is 16.8 Å². The van der Waals surface area contributed by atoms with E-state index in [2.05, 4.69) is 15.8 Å². The molecule has 0 atom stereocenters. The maximum absolute atomic E-state index is 13.8. The van der Waals surface area contributed by atoms with Crippen LogP contribution >= 0.6 is 11.6 Å². The minimum absolute atomic E-state index is 0.164. The first-order valence-electron chi connectivity index (χ1n) is 10.2. The molecule has 11 heteroatoms. The molecule has 0 unspecified atom stereocenters. The lowest BCUT2D eigenvalue weighted by atomic mass is 9.98. The number of nitrogens with zero attached hydrogens (tertiary/aromatic N) is 3. The van der Waals surface area contributed by atoms with Crippen molar-refractivity contribution in [3.63, 3.8) is 0 Å². The van der Waals surface area contributed by atoms with E-state index in [1.807, 2.05) is 13.0 Å². The number of hydrogen-bond donors (Lipinski definition) is 2. The van der Waals surface area contributed by atoms with Crippen molar-refractivity contribution in [1.82, 2.24) is 25.1 Å². The number of aromatic nitrogens is 2. The molecule has 172 valence electrons. The van der Waals surface area contributed by atoms with Gasteiger partial charge in [-0.25, -0.2) is 10.4 Å². The van der Waals surface area contributed by atoms with E-state index in [1.165, 1.54) is 23.6 Å². The van der Waals surface area contributed by atoms with Gasteiger partial charge in [-0.2, -0.15) is 13.2 Å². The number of hydrogen-bond acceptors (Lipinski definition) is 5. The zero-order valence-electron chi connectivity index (χ0n) is 17.5. The Morgan fingerprint density at radius 3 is 2.73 bits per heavy atom. The Bertz CT molecular complexity index is 1310. The highest BCUT2D eigenvalue weighted by atomic mass is 35.5. The molecule has 0 saturated heterocycles. The van der Waals surface area contributed by atoms with E-state index in [1.54, 1.807) is 6.07 Å². The molecule has 1 amide bonds. The summed E-state index contributed by atoms with van der Waals surface area (Å²) in [5, 5.41) is -0.164. The van der Waals surface area contributed by atoms with E-state index < -0.39 is 23.3 Å². The van der Waals surface area contributed by atoms with Gasteiger partial charge in [-0.05, 0) is 36.6 Å². The van der Waals surface area contributed by atoms with Crippen molar-refractivity contribution in [2.24, 2.45) is 0 Å². The summed E-state index contributed by atoms with van der Waals surface area (Å²) >= 11 is 6.40. The summed E-state index contributed by atoms with van der Waals surface area (Å²) in [6.45, 7) is 3.41. The van der Waals surface area contributed by atoms with E-state index >= 15 is 0 Å². The minimum atomic E-state index is -4.69. The maximum Gasteiger partial charge on any atom is 0.420 e. The Morgan fingerprint density at radius 1 is 1.30 bits per heavy atom. The van der Waals surface area contributed by atoms with Crippen molar-refractivity contribution in [3.05, 3.63) is 70.2 Å². The molecule has 0 aliphatic carbocycles. The molecule has 3 aromatic rings. The third kappa shape index (κ3) is 3.79. The first-order chi connectivity index (χ1) is 15.7. The van der Waals surface area contributed by atoms with Crippen LogP contribution in [0.5, 0.6) is 0 Å². The molecule has 0 saturated carbocycles. The molecule has 0 radical (unpaired) electrons. The first kappa shape index (κ1) is 21.6. The first-order valence-corrected chi connectivity index (χ1v) is 10.6. The van der Waals surface area contributed by atoms with Crippen molar-refractivity contribution in [2.75, 3.05) is 19.6 Å². The molecule has 33 heavy (non-hydrogen) atoms. The van der Waals surface area contributed by atoms with Gasteiger partial charge in [0.1, 0.15) is 5.15 Å². The van der Waals surface area contributed by atoms with Crippen LogP contribution in [0.2, 0.25) is 5.15 Å². The van der Waals surface area contributed by atoms with E-state index in [0.29, 0.717) is 31.6 Å². The average Bonchev–Trinajstić information content (AvgIpc) is 3.53. The Labute approximate surface area is 191 Å². The number of pyridine rings is 1. The molecular weight excluding hydrogens is 459 g/mol. The smallest absolute Gasteiger partial charge is 0.420 e. The van der Waals surface area contributed by atoms with E-state index in [9.17, 15) is 18.0 Å². The fourth-order valence-electron chi connectivity index (χ4n) is 4.15. The van der Waals surface area contributed by atoms with Crippen molar-refractivity contribution >= 4 is 23.2 Å². The molecule has 0 spiro atoms. The normalized spacial score (nSPS) is 17.0. The number of amides is 1. The number of halogens is 4. The molecule has 0 bridgehead atoms. The van der Waals surface area contributed by atoms with Gasteiger partial charge < -0.3 is 14.7 Å². The van der Waals surface area contributed by atoms with Gasteiger partial charge in [0.2, 0.25) is 0 Å². The molecule has 2 N–H and O–H groups in total. The second kappa shape index (κ2) is 7.96. The second-order valence-corrected chi connectivity index (χ2v) is 8.27. The van der Waals surface area contributed by atoms with Crippen LogP contribution in [0, 0.1) is 0 Å². The summed E-state index contributed by atoms with van der Waals surface area (Å²) in [6.07, 6.45) is 2.02. The quantitative estimate of drug-likeness (QED) is 0.584. The summed E-state index contributed by atoms with van der Waals surface area (Å²) in [7, 11) is 0. The summed E-state index contributed by atoms with van der Waals surface area (Å²) < 4.78 is 47.6. The molecule has 0 aromatic carbocycles. The lowest BCUT2D eigenvalue weighted by Crippen LogP contribution is -2.35. The zero-order chi connectivity index (χ0) is 23.3. The Morgan fingerprint density at radius 2 is 2.12 bits per heavy atom. The molecular formula is C22H19ClF3N5O2. The highest BCUT2D eigenvalue weighted by molar-refractivity contribution is 6.33. The highest BCUT2D eigenvalue weighted by Gasteiger charge is 2.36. The monoisotopic (exact) mass is 477 g/mol. The number of furan rings is 1. The predicted octanol–water partition coefficient (Wildman–Crippen LogP) is 4.42. The Hall–Kier alpha value is -3.24. The zero-order valence-corrected chi connectivity index (χ0v) is 18.2. The van der Waals surface area contributed by atoms with Crippen LogP contribution < -0.4 is 10.9 Å². The van der Waals surface area contributed by atoms with Crippen LogP contribution in [0.3, 0.4) is 0 Å². The standard InChI is InChI=1S/C22H19ClF3N5O2/c1-12-16(9-27-29-12)13-2-5-30(6-3-13)21(32)18-19(23)31-10-15(14-4-7-33-11-14)8-17(20(31)28-18)22(24,25)26/h2,4,7-8,10-11,27,29H,3,5-6,9H2,1H3. The summed E-state index contributed by atoms with van der Waals surface area (Å²) in [4.78, 5) is 18.7. The summed E-state index contributed by atoms with van der Waals surface area (Å²) in [5.74, 6) is -0.509. The van der Waals surface area contributed by atoms with Gasteiger partial charge in [-0.1, -0.05) is 17.7 Å². The SMILES string of the molecule is CC1=C(C2=CCN(C(=O)c3nc4c(C(F)(F)F)cc(-c5ccoc5)cn4c3Cl)CC2)CNN1. The predicted molar refractivity (Wildman–Crippen MR) is 115 cm³/mol. The minimum Gasteiger partial charge on any atom is -0.472 e. The Balaban J connectivity index is 1.51. The van der Waals surface area contributed by atoms with Crippen molar-refractivity contribution < 1.29 is 22.4 Å². The number of hydrazine groups is 1. The number of nitrogens with one attached hydrogen (secondary N) is 2. The number of rotatable bonds is 3. The highest BCUT2D eigenvalue weighted by Crippen LogP contribution is 2.37. The molecule has 7 nitrogen and oxygen atoms in total. The summed E-state index contributed by atoms with van der Waals surface area (Å²) in [6, 6.07) is 2.52.